The molecule has 0 spiro atoms. The van der Waals surface area contributed by atoms with Crippen LogP contribution in [0.5, 0.6) is 0 Å². The number of nitrogens with zero attached hydrogens (tertiary/aromatic N) is 5. The minimum absolute atomic E-state index is 0.0504. The Morgan fingerprint density at radius 3 is 2.84 bits per heavy atom. The van der Waals surface area contributed by atoms with E-state index in [1.54, 1.807) is 34.1 Å². The molecule has 0 radical (unpaired) electrons. The average molecular weight is 453 g/mol. The highest BCUT2D eigenvalue weighted by atomic mass is 32.2. The molecule has 1 amide bonds. The van der Waals surface area contributed by atoms with Crippen LogP contribution in [0, 0.1) is 12.3 Å². The molecule has 0 saturated heterocycles. The molecule has 1 atom stereocenters. The van der Waals surface area contributed by atoms with Crippen molar-refractivity contribution in [3.63, 3.8) is 0 Å². The second-order valence-electron chi connectivity index (χ2n) is 8.85. The van der Waals surface area contributed by atoms with Crippen molar-refractivity contribution in [2.75, 3.05) is 11.4 Å². The highest BCUT2D eigenvalue weighted by Crippen LogP contribution is 2.38. The number of aliphatic imine (C=N–C) groups is 1. The number of carbonyl (C=O) groups is 1. The van der Waals surface area contributed by atoms with E-state index in [9.17, 15) is 13.2 Å². The van der Waals surface area contributed by atoms with Crippen molar-refractivity contribution in [3.8, 4) is 12.3 Å². The first-order chi connectivity index (χ1) is 15.2. The first-order valence-electron chi connectivity index (χ1n) is 10.5. The lowest BCUT2D eigenvalue weighted by Crippen LogP contribution is -2.52. The van der Waals surface area contributed by atoms with Crippen LogP contribution in [0.4, 0.5) is 5.69 Å². The largest absolute Gasteiger partial charge is 0.307 e. The Morgan fingerprint density at radius 2 is 2.12 bits per heavy atom. The number of hydrogen-bond donors (Lipinski definition) is 1. The van der Waals surface area contributed by atoms with Crippen LogP contribution in [0.25, 0.3) is 0 Å². The standard InChI is InChI=1S/C22H24N6O3S/c1-4-9-26-13-16(12-24-26)14-27-20(29)18-10-17(32(30,31)25-22(3)7-8-22)5-6-19(18)28-15(2)11-23-21(27)28/h1,5-6,10,12-13,15,25H,7-9,11,14H2,2-3H3/t15-/m1/s1. The molecule has 32 heavy (non-hydrogen) atoms. The third-order valence-electron chi connectivity index (χ3n) is 6.07. The number of amides is 1. The van der Waals surface area contributed by atoms with Crippen LogP contribution < -0.4 is 9.62 Å². The second kappa shape index (κ2) is 7.18. The summed E-state index contributed by atoms with van der Waals surface area (Å²) < 4.78 is 30.2. The zero-order valence-electron chi connectivity index (χ0n) is 17.9. The summed E-state index contributed by atoms with van der Waals surface area (Å²) in [6.07, 6.45) is 10.4. The number of hydrogen-bond acceptors (Lipinski definition) is 6. The SMILES string of the molecule is C#CCn1cc(CN2C(=O)c3cc(S(=O)(=O)NC4(C)CC4)ccc3N3C2=NC[C@H]3C)cn1. The molecule has 166 valence electrons. The molecule has 0 unspecified atom stereocenters. The maximum absolute atomic E-state index is 13.5. The average Bonchev–Trinajstić information content (AvgIpc) is 3.11. The van der Waals surface area contributed by atoms with E-state index in [1.165, 1.54) is 6.07 Å². The van der Waals surface area contributed by atoms with Gasteiger partial charge in [0.15, 0.2) is 0 Å². The van der Waals surface area contributed by atoms with Gasteiger partial charge in [0.1, 0.15) is 6.54 Å². The molecule has 2 aromatic rings. The van der Waals surface area contributed by atoms with E-state index >= 15 is 0 Å². The smallest absolute Gasteiger partial charge is 0.263 e. The number of anilines is 1. The number of fused-ring (bicyclic) bond motifs is 3. The summed E-state index contributed by atoms with van der Waals surface area (Å²) >= 11 is 0. The fourth-order valence-electron chi connectivity index (χ4n) is 4.10. The van der Waals surface area contributed by atoms with E-state index in [0.717, 1.165) is 18.4 Å². The zero-order chi connectivity index (χ0) is 22.7. The van der Waals surface area contributed by atoms with E-state index in [-0.39, 0.29) is 23.4 Å². The van der Waals surface area contributed by atoms with Crippen LogP contribution in [-0.2, 0) is 23.1 Å². The van der Waals surface area contributed by atoms with Crippen LogP contribution in [0.1, 0.15) is 42.6 Å². The summed E-state index contributed by atoms with van der Waals surface area (Å²) in [6.45, 7) is 5.06. The molecule has 1 saturated carbocycles. The van der Waals surface area contributed by atoms with Crippen molar-refractivity contribution in [2.45, 2.75) is 56.3 Å². The van der Waals surface area contributed by atoms with Crippen molar-refractivity contribution in [1.29, 1.82) is 0 Å². The Kier molecular flexibility index (Phi) is 4.65. The van der Waals surface area contributed by atoms with Gasteiger partial charge in [0.2, 0.25) is 16.0 Å². The lowest BCUT2D eigenvalue weighted by atomic mass is 10.1. The van der Waals surface area contributed by atoms with Crippen molar-refractivity contribution >= 4 is 27.6 Å². The normalized spacial score (nSPS) is 21.1. The van der Waals surface area contributed by atoms with Crippen molar-refractivity contribution in [2.24, 2.45) is 4.99 Å². The molecule has 1 aliphatic carbocycles. The van der Waals surface area contributed by atoms with Crippen molar-refractivity contribution in [3.05, 3.63) is 41.7 Å². The molecule has 1 fully saturated rings. The van der Waals surface area contributed by atoms with Crippen molar-refractivity contribution < 1.29 is 13.2 Å². The van der Waals surface area contributed by atoms with E-state index in [4.69, 9.17) is 6.42 Å². The first-order valence-corrected chi connectivity index (χ1v) is 12.0. The lowest BCUT2D eigenvalue weighted by molar-refractivity contribution is 0.0833. The van der Waals surface area contributed by atoms with Gasteiger partial charge in [0.25, 0.3) is 5.91 Å². The van der Waals surface area contributed by atoms with Gasteiger partial charge in [-0.1, -0.05) is 5.92 Å². The summed E-state index contributed by atoms with van der Waals surface area (Å²) in [7, 11) is -3.73. The van der Waals surface area contributed by atoms with Crippen LogP contribution in [0.2, 0.25) is 0 Å². The van der Waals surface area contributed by atoms with Gasteiger partial charge in [-0.2, -0.15) is 5.10 Å². The molecule has 0 bridgehead atoms. The Bertz CT molecular complexity index is 1280. The number of rotatable bonds is 6. The Morgan fingerprint density at radius 1 is 1.34 bits per heavy atom. The maximum Gasteiger partial charge on any atom is 0.263 e. The van der Waals surface area contributed by atoms with E-state index in [2.05, 4.69) is 20.7 Å². The van der Waals surface area contributed by atoms with Gasteiger partial charge >= 0.3 is 0 Å². The Hall–Kier alpha value is -3.16. The molecule has 3 heterocycles. The summed E-state index contributed by atoms with van der Waals surface area (Å²) in [6, 6.07) is 4.79. The van der Waals surface area contributed by atoms with Crippen LogP contribution in [0.15, 0.2) is 40.5 Å². The highest BCUT2D eigenvalue weighted by Gasteiger charge is 2.43. The molecule has 5 rings (SSSR count). The number of sulfonamides is 1. The van der Waals surface area contributed by atoms with Crippen LogP contribution in [-0.4, -0.2) is 53.1 Å². The van der Waals surface area contributed by atoms with Gasteiger partial charge in [-0.3, -0.25) is 19.4 Å². The Balaban J connectivity index is 1.52. The molecule has 1 aromatic carbocycles. The van der Waals surface area contributed by atoms with Gasteiger partial charge < -0.3 is 4.90 Å². The summed E-state index contributed by atoms with van der Waals surface area (Å²) in [5.74, 6) is 2.81. The molecule has 9 nitrogen and oxygen atoms in total. The zero-order valence-corrected chi connectivity index (χ0v) is 18.8. The highest BCUT2D eigenvalue weighted by molar-refractivity contribution is 7.89. The monoisotopic (exact) mass is 452 g/mol. The number of nitrogens with one attached hydrogen (secondary N) is 1. The van der Waals surface area contributed by atoms with E-state index < -0.39 is 15.6 Å². The number of guanidine groups is 1. The fourth-order valence-corrected chi connectivity index (χ4v) is 5.59. The summed E-state index contributed by atoms with van der Waals surface area (Å²) in [4.78, 5) is 21.8. The summed E-state index contributed by atoms with van der Waals surface area (Å²) in [5, 5.41) is 4.22. The minimum Gasteiger partial charge on any atom is -0.307 e. The van der Waals surface area contributed by atoms with Gasteiger partial charge in [-0.05, 0) is 44.9 Å². The second-order valence-corrected chi connectivity index (χ2v) is 10.5. The van der Waals surface area contributed by atoms with Crippen LogP contribution >= 0.6 is 0 Å². The quantitative estimate of drug-likeness (QED) is 0.671. The number of carbonyl (C=O) groups excluding carboxylic acids is 1. The lowest BCUT2D eigenvalue weighted by Gasteiger charge is -2.38. The van der Waals surface area contributed by atoms with Gasteiger partial charge in [0, 0.05) is 17.3 Å². The Labute approximate surface area is 187 Å². The maximum atomic E-state index is 13.5. The number of benzene rings is 1. The molecular weight excluding hydrogens is 428 g/mol. The van der Waals surface area contributed by atoms with Gasteiger partial charge in [-0.15, -0.1) is 6.42 Å². The minimum atomic E-state index is -3.73. The predicted octanol–water partition coefficient (Wildman–Crippen LogP) is 1.57. The van der Waals surface area contributed by atoms with Crippen molar-refractivity contribution in [1.82, 2.24) is 19.4 Å². The van der Waals surface area contributed by atoms with E-state index in [1.807, 2.05) is 18.7 Å². The molecule has 2 aliphatic heterocycles. The molecular formula is C22H24N6O3S. The topological polar surface area (TPSA) is 99.9 Å². The van der Waals surface area contributed by atoms with Gasteiger partial charge in [-0.25, -0.2) is 13.1 Å². The first kappa shape index (κ1) is 20.7. The summed E-state index contributed by atoms with van der Waals surface area (Å²) in [5.41, 5.74) is 1.44. The predicted molar refractivity (Wildman–Crippen MR) is 120 cm³/mol. The number of terminal acetylenes is 1. The van der Waals surface area contributed by atoms with E-state index in [0.29, 0.717) is 30.3 Å². The third-order valence-corrected chi connectivity index (χ3v) is 7.71. The number of aromatic nitrogens is 2. The van der Waals surface area contributed by atoms with Crippen LogP contribution in [0.3, 0.4) is 0 Å². The fraction of sp³-hybridized carbons (Fsp3) is 0.409. The third kappa shape index (κ3) is 3.47. The molecule has 10 heteroatoms. The van der Waals surface area contributed by atoms with Gasteiger partial charge in [0.05, 0.1) is 41.5 Å². The molecule has 3 aliphatic rings. The molecule has 1 N–H and O–H groups in total. The molecule has 1 aromatic heterocycles.